The molecule has 1 aliphatic rings. The van der Waals surface area contributed by atoms with Crippen molar-refractivity contribution in [1.29, 1.82) is 0 Å². The molecular formula is C18H13F3N6O2. The zero-order valence-electron chi connectivity index (χ0n) is 14.7. The molecule has 29 heavy (non-hydrogen) atoms. The first kappa shape index (κ1) is 18.6. The van der Waals surface area contributed by atoms with E-state index in [9.17, 15) is 22.8 Å². The summed E-state index contributed by atoms with van der Waals surface area (Å²) in [5, 5.41) is 14.1. The zero-order valence-corrected chi connectivity index (χ0v) is 14.7. The van der Waals surface area contributed by atoms with E-state index in [0.29, 0.717) is 11.4 Å². The Morgan fingerprint density at radius 2 is 1.93 bits per heavy atom. The Labute approximate surface area is 161 Å². The standard InChI is InChI=1S/C18H13F3N6O2/c19-18(20,21)12-5-3-4-11(8-12)17-23-25-27(24-17)10-16(29)26-9-15(28)22-13-6-1-2-7-14(13)26/h1-8H,9-10H2,(H,22,28). The molecule has 148 valence electrons. The molecule has 0 bridgehead atoms. The summed E-state index contributed by atoms with van der Waals surface area (Å²) in [5.41, 5.74) is 0.336. The van der Waals surface area contributed by atoms with Crippen molar-refractivity contribution in [2.45, 2.75) is 12.7 Å². The molecule has 0 aliphatic carbocycles. The number of hydrogen-bond donors (Lipinski definition) is 1. The van der Waals surface area contributed by atoms with Gasteiger partial charge in [-0.25, -0.2) is 0 Å². The lowest BCUT2D eigenvalue weighted by atomic mass is 10.1. The molecule has 0 saturated heterocycles. The molecule has 0 fully saturated rings. The third kappa shape index (κ3) is 3.79. The van der Waals surface area contributed by atoms with Gasteiger partial charge in [-0.2, -0.15) is 18.0 Å². The topological polar surface area (TPSA) is 93.0 Å². The molecule has 0 atom stereocenters. The lowest BCUT2D eigenvalue weighted by Crippen LogP contribution is -2.43. The molecule has 0 saturated carbocycles. The predicted molar refractivity (Wildman–Crippen MR) is 95.7 cm³/mol. The van der Waals surface area contributed by atoms with Crippen LogP contribution in [0, 0.1) is 0 Å². The number of nitrogens with zero attached hydrogens (tertiary/aromatic N) is 5. The Bertz CT molecular complexity index is 1090. The van der Waals surface area contributed by atoms with Gasteiger partial charge in [0, 0.05) is 5.56 Å². The molecule has 3 aromatic rings. The van der Waals surface area contributed by atoms with Gasteiger partial charge in [-0.1, -0.05) is 24.3 Å². The maximum atomic E-state index is 12.9. The maximum Gasteiger partial charge on any atom is 0.416 e. The second-order valence-electron chi connectivity index (χ2n) is 6.27. The van der Waals surface area contributed by atoms with E-state index in [1.165, 1.54) is 17.0 Å². The van der Waals surface area contributed by atoms with Crippen molar-refractivity contribution in [3.63, 3.8) is 0 Å². The van der Waals surface area contributed by atoms with E-state index in [1.807, 2.05) is 0 Å². The normalized spacial score (nSPS) is 13.8. The van der Waals surface area contributed by atoms with Crippen LogP contribution in [-0.2, 0) is 22.3 Å². The fourth-order valence-corrected chi connectivity index (χ4v) is 2.92. The minimum Gasteiger partial charge on any atom is -0.323 e. The van der Waals surface area contributed by atoms with Crippen LogP contribution in [0.3, 0.4) is 0 Å². The second kappa shape index (κ2) is 7.00. The van der Waals surface area contributed by atoms with Gasteiger partial charge in [0.25, 0.3) is 5.91 Å². The van der Waals surface area contributed by atoms with Crippen LogP contribution in [0.5, 0.6) is 0 Å². The highest BCUT2D eigenvalue weighted by Crippen LogP contribution is 2.31. The van der Waals surface area contributed by atoms with Crippen molar-refractivity contribution in [2.75, 3.05) is 16.8 Å². The summed E-state index contributed by atoms with van der Waals surface area (Å²) in [5.74, 6) is -0.839. The number of rotatable bonds is 3. The van der Waals surface area contributed by atoms with Crippen LogP contribution >= 0.6 is 0 Å². The molecule has 2 amide bonds. The monoisotopic (exact) mass is 402 g/mol. The number of para-hydroxylation sites is 2. The number of benzene rings is 2. The van der Waals surface area contributed by atoms with E-state index < -0.39 is 17.6 Å². The number of fused-ring (bicyclic) bond motifs is 1. The van der Waals surface area contributed by atoms with E-state index in [0.717, 1.165) is 16.9 Å². The number of carbonyl (C=O) groups is 2. The smallest absolute Gasteiger partial charge is 0.323 e. The summed E-state index contributed by atoms with van der Waals surface area (Å²) in [6, 6.07) is 11.3. The van der Waals surface area contributed by atoms with Gasteiger partial charge in [-0.15, -0.1) is 10.2 Å². The lowest BCUT2D eigenvalue weighted by molar-refractivity contribution is -0.137. The summed E-state index contributed by atoms with van der Waals surface area (Å²) in [7, 11) is 0. The van der Waals surface area contributed by atoms with Gasteiger partial charge in [-0.05, 0) is 29.5 Å². The highest BCUT2D eigenvalue weighted by Gasteiger charge is 2.31. The number of aromatic nitrogens is 4. The van der Waals surface area contributed by atoms with Crippen LogP contribution in [0.15, 0.2) is 48.5 Å². The van der Waals surface area contributed by atoms with Crippen molar-refractivity contribution < 1.29 is 22.8 Å². The minimum atomic E-state index is -4.50. The first-order valence-electron chi connectivity index (χ1n) is 8.46. The Kier molecular flexibility index (Phi) is 4.49. The van der Waals surface area contributed by atoms with Gasteiger partial charge >= 0.3 is 6.18 Å². The fraction of sp³-hybridized carbons (Fsp3) is 0.167. The van der Waals surface area contributed by atoms with Crippen LogP contribution in [0.4, 0.5) is 24.5 Å². The highest BCUT2D eigenvalue weighted by atomic mass is 19.4. The van der Waals surface area contributed by atoms with Crippen LogP contribution in [0.25, 0.3) is 11.4 Å². The third-order valence-corrected chi connectivity index (χ3v) is 4.25. The number of alkyl halides is 3. The second-order valence-corrected chi connectivity index (χ2v) is 6.27. The summed E-state index contributed by atoms with van der Waals surface area (Å²) < 4.78 is 38.6. The van der Waals surface area contributed by atoms with Crippen molar-refractivity contribution in [1.82, 2.24) is 20.2 Å². The molecule has 1 N–H and O–H groups in total. The first-order valence-corrected chi connectivity index (χ1v) is 8.46. The molecule has 1 aliphatic heterocycles. The van der Waals surface area contributed by atoms with Crippen LogP contribution in [-0.4, -0.2) is 38.6 Å². The van der Waals surface area contributed by atoms with Gasteiger partial charge in [0.1, 0.15) is 13.1 Å². The molecule has 0 unspecified atom stereocenters. The minimum absolute atomic E-state index is 0.0410. The lowest BCUT2D eigenvalue weighted by Gasteiger charge is -2.28. The highest BCUT2D eigenvalue weighted by molar-refractivity contribution is 6.09. The number of amides is 2. The molecular weight excluding hydrogens is 389 g/mol. The van der Waals surface area contributed by atoms with Crippen molar-refractivity contribution in [3.05, 3.63) is 54.1 Å². The van der Waals surface area contributed by atoms with Crippen LogP contribution in [0.1, 0.15) is 5.56 Å². The molecule has 2 aromatic carbocycles. The zero-order chi connectivity index (χ0) is 20.6. The fourth-order valence-electron chi connectivity index (χ4n) is 2.92. The largest absolute Gasteiger partial charge is 0.416 e. The average Bonchev–Trinajstić information content (AvgIpc) is 3.15. The molecule has 0 radical (unpaired) electrons. The maximum absolute atomic E-state index is 12.9. The van der Waals surface area contributed by atoms with Gasteiger partial charge < -0.3 is 5.32 Å². The Hall–Kier alpha value is -3.76. The third-order valence-electron chi connectivity index (χ3n) is 4.25. The molecule has 8 nitrogen and oxygen atoms in total. The molecule has 0 spiro atoms. The molecule has 4 rings (SSSR count). The summed E-state index contributed by atoms with van der Waals surface area (Å²) in [4.78, 5) is 26.8. The van der Waals surface area contributed by atoms with Gasteiger partial charge in [0.15, 0.2) is 0 Å². The van der Waals surface area contributed by atoms with Crippen molar-refractivity contribution in [2.24, 2.45) is 0 Å². The number of nitrogens with one attached hydrogen (secondary N) is 1. The Morgan fingerprint density at radius 1 is 1.14 bits per heavy atom. The SMILES string of the molecule is O=C1CN(C(=O)Cn2nnc(-c3cccc(C(F)(F)F)c3)n2)c2ccccc2N1. The molecule has 1 aromatic heterocycles. The Balaban J connectivity index is 1.55. The first-order chi connectivity index (χ1) is 13.8. The number of hydrogen-bond acceptors (Lipinski definition) is 5. The molecule has 11 heteroatoms. The molecule has 2 heterocycles. The van der Waals surface area contributed by atoms with E-state index in [1.54, 1.807) is 24.3 Å². The van der Waals surface area contributed by atoms with E-state index in [2.05, 4.69) is 20.7 Å². The summed E-state index contributed by atoms with van der Waals surface area (Å²) in [6.45, 7) is -0.487. The van der Waals surface area contributed by atoms with Gasteiger partial charge in [-0.3, -0.25) is 14.5 Å². The van der Waals surface area contributed by atoms with E-state index >= 15 is 0 Å². The quantitative estimate of drug-likeness (QED) is 0.726. The number of carbonyl (C=O) groups excluding carboxylic acids is 2. The average molecular weight is 402 g/mol. The van der Waals surface area contributed by atoms with Crippen LogP contribution < -0.4 is 10.2 Å². The number of anilines is 2. The van der Waals surface area contributed by atoms with Gasteiger partial charge in [0.2, 0.25) is 11.7 Å². The van der Waals surface area contributed by atoms with Crippen LogP contribution in [0.2, 0.25) is 0 Å². The summed E-state index contributed by atoms with van der Waals surface area (Å²) >= 11 is 0. The number of halogens is 3. The summed E-state index contributed by atoms with van der Waals surface area (Å²) in [6.07, 6.45) is -4.50. The van der Waals surface area contributed by atoms with E-state index in [4.69, 9.17) is 0 Å². The van der Waals surface area contributed by atoms with Crippen molar-refractivity contribution >= 4 is 23.2 Å². The Morgan fingerprint density at radius 3 is 2.72 bits per heavy atom. The van der Waals surface area contributed by atoms with E-state index in [-0.39, 0.29) is 30.4 Å². The number of tetrazole rings is 1. The van der Waals surface area contributed by atoms with Crippen molar-refractivity contribution in [3.8, 4) is 11.4 Å². The van der Waals surface area contributed by atoms with Gasteiger partial charge in [0.05, 0.1) is 16.9 Å². The predicted octanol–water partition coefficient (Wildman–Crippen LogP) is 2.34.